The van der Waals surface area contributed by atoms with E-state index in [0.717, 1.165) is 16.3 Å². The van der Waals surface area contributed by atoms with Crippen LogP contribution in [0.2, 0.25) is 0 Å². The first-order valence-electron chi connectivity index (χ1n) is 5.13. The Balaban J connectivity index is 2.63. The van der Waals surface area contributed by atoms with Crippen molar-refractivity contribution in [2.24, 2.45) is 5.73 Å². The molecule has 15 heavy (non-hydrogen) atoms. The molecule has 0 radical (unpaired) electrons. The largest absolute Gasteiger partial charge is 0.508 e. The Bertz CT molecular complexity index is 477. The van der Waals surface area contributed by atoms with E-state index in [1.807, 2.05) is 37.3 Å². The van der Waals surface area contributed by atoms with Gasteiger partial charge in [-0.1, -0.05) is 30.3 Å². The Kier molecular flexibility index (Phi) is 2.60. The van der Waals surface area contributed by atoms with Gasteiger partial charge >= 0.3 is 0 Å². The van der Waals surface area contributed by atoms with Gasteiger partial charge in [-0.3, -0.25) is 0 Å². The van der Waals surface area contributed by atoms with Crippen LogP contribution in [0.4, 0.5) is 0 Å². The van der Waals surface area contributed by atoms with Crippen molar-refractivity contribution in [2.45, 2.75) is 19.4 Å². The zero-order chi connectivity index (χ0) is 10.8. The molecule has 0 heterocycles. The number of aromatic hydroxyl groups is 1. The van der Waals surface area contributed by atoms with Crippen LogP contribution in [0.5, 0.6) is 5.75 Å². The number of rotatable bonds is 2. The van der Waals surface area contributed by atoms with Gasteiger partial charge in [-0.15, -0.1) is 0 Å². The van der Waals surface area contributed by atoms with Gasteiger partial charge in [-0.2, -0.15) is 0 Å². The zero-order valence-corrected chi connectivity index (χ0v) is 8.77. The fourth-order valence-corrected chi connectivity index (χ4v) is 1.86. The third-order valence-corrected chi connectivity index (χ3v) is 2.54. The molecule has 2 aromatic carbocycles. The second-order valence-electron chi connectivity index (χ2n) is 3.97. The number of phenolic OH excluding ortho intramolecular Hbond substituents is 1. The molecule has 2 aromatic rings. The minimum Gasteiger partial charge on any atom is -0.508 e. The van der Waals surface area contributed by atoms with E-state index in [0.29, 0.717) is 12.2 Å². The summed E-state index contributed by atoms with van der Waals surface area (Å²) in [6.45, 7) is 1.95. The Labute approximate surface area is 89.3 Å². The molecule has 0 unspecified atom stereocenters. The maximum Gasteiger partial charge on any atom is 0.119 e. The lowest BCUT2D eigenvalue weighted by atomic mass is 9.99. The molecule has 2 nitrogen and oxygen atoms in total. The Morgan fingerprint density at radius 2 is 1.93 bits per heavy atom. The van der Waals surface area contributed by atoms with E-state index in [1.165, 1.54) is 0 Å². The summed E-state index contributed by atoms with van der Waals surface area (Å²) in [5, 5.41) is 12.0. The molecule has 78 valence electrons. The van der Waals surface area contributed by atoms with E-state index in [-0.39, 0.29) is 6.04 Å². The monoisotopic (exact) mass is 201 g/mol. The zero-order valence-electron chi connectivity index (χ0n) is 8.77. The Hall–Kier alpha value is -1.54. The number of nitrogens with two attached hydrogens (primary N) is 1. The van der Waals surface area contributed by atoms with Gasteiger partial charge in [0.25, 0.3) is 0 Å². The topological polar surface area (TPSA) is 46.2 Å². The summed E-state index contributed by atoms with van der Waals surface area (Å²) in [5.41, 5.74) is 6.72. The van der Waals surface area contributed by atoms with Crippen LogP contribution in [-0.2, 0) is 6.42 Å². The molecule has 0 amide bonds. The van der Waals surface area contributed by atoms with Crippen LogP contribution >= 0.6 is 0 Å². The molecule has 0 saturated carbocycles. The van der Waals surface area contributed by atoms with Gasteiger partial charge < -0.3 is 10.8 Å². The van der Waals surface area contributed by atoms with Crippen molar-refractivity contribution < 1.29 is 5.11 Å². The van der Waals surface area contributed by atoms with E-state index in [2.05, 4.69) is 0 Å². The third kappa shape index (κ3) is 1.95. The number of hydrogen-bond acceptors (Lipinski definition) is 2. The summed E-state index contributed by atoms with van der Waals surface area (Å²) in [6, 6.07) is 11.8. The highest BCUT2D eigenvalue weighted by Crippen LogP contribution is 2.27. The maximum absolute atomic E-state index is 9.80. The van der Waals surface area contributed by atoms with E-state index in [9.17, 15) is 5.11 Å². The van der Waals surface area contributed by atoms with E-state index in [1.54, 1.807) is 6.07 Å². The SMILES string of the molecule is C[C@@H](N)Cc1c(O)ccc2ccccc12. The fourth-order valence-electron chi connectivity index (χ4n) is 1.86. The van der Waals surface area contributed by atoms with Crippen LogP contribution in [0.1, 0.15) is 12.5 Å². The van der Waals surface area contributed by atoms with Crippen LogP contribution < -0.4 is 5.73 Å². The van der Waals surface area contributed by atoms with Crippen molar-refractivity contribution in [2.75, 3.05) is 0 Å². The van der Waals surface area contributed by atoms with E-state index >= 15 is 0 Å². The van der Waals surface area contributed by atoms with Crippen LogP contribution in [0, 0.1) is 0 Å². The van der Waals surface area contributed by atoms with Crippen molar-refractivity contribution in [1.82, 2.24) is 0 Å². The Morgan fingerprint density at radius 1 is 1.20 bits per heavy atom. The summed E-state index contributed by atoms with van der Waals surface area (Å²) in [7, 11) is 0. The van der Waals surface area contributed by atoms with Crippen LogP contribution in [0.25, 0.3) is 10.8 Å². The van der Waals surface area contributed by atoms with Gasteiger partial charge in [0.05, 0.1) is 0 Å². The van der Waals surface area contributed by atoms with Gasteiger partial charge in [0.15, 0.2) is 0 Å². The van der Waals surface area contributed by atoms with Gasteiger partial charge in [0.1, 0.15) is 5.75 Å². The van der Waals surface area contributed by atoms with Gasteiger partial charge in [0, 0.05) is 11.6 Å². The normalized spacial score (nSPS) is 12.9. The summed E-state index contributed by atoms with van der Waals surface area (Å²) in [5.74, 6) is 0.339. The third-order valence-electron chi connectivity index (χ3n) is 2.54. The van der Waals surface area contributed by atoms with Gasteiger partial charge in [0.2, 0.25) is 0 Å². The van der Waals surface area contributed by atoms with Crippen molar-refractivity contribution in [3.8, 4) is 5.75 Å². The van der Waals surface area contributed by atoms with Crippen molar-refractivity contribution in [3.05, 3.63) is 42.0 Å². The molecule has 3 N–H and O–H groups in total. The standard InChI is InChI=1S/C13H15NO/c1-9(14)8-12-11-5-3-2-4-10(11)6-7-13(12)15/h2-7,9,15H,8,14H2,1H3/t9-/m1/s1. The first-order valence-corrected chi connectivity index (χ1v) is 5.13. The van der Waals surface area contributed by atoms with Crippen LogP contribution in [0.15, 0.2) is 36.4 Å². The molecular weight excluding hydrogens is 186 g/mol. The van der Waals surface area contributed by atoms with E-state index in [4.69, 9.17) is 5.73 Å². The summed E-state index contributed by atoms with van der Waals surface area (Å²) >= 11 is 0. The molecule has 2 rings (SSSR count). The molecule has 0 saturated heterocycles. The molecule has 0 aliphatic heterocycles. The lowest BCUT2D eigenvalue weighted by Gasteiger charge is -2.11. The second kappa shape index (κ2) is 3.91. The Morgan fingerprint density at radius 3 is 2.67 bits per heavy atom. The molecule has 0 spiro atoms. The number of phenols is 1. The van der Waals surface area contributed by atoms with Gasteiger partial charge in [-0.05, 0) is 30.2 Å². The van der Waals surface area contributed by atoms with Crippen molar-refractivity contribution in [1.29, 1.82) is 0 Å². The molecular formula is C13H15NO. The average molecular weight is 201 g/mol. The predicted molar refractivity (Wildman–Crippen MR) is 63.0 cm³/mol. The second-order valence-corrected chi connectivity index (χ2v) is 3.97. The number of hydrogen-bond donors (Lipinski definition) is 2. The molecule has 0 aromatic heterocycles. The smallest absolute Gasteiger partial charge is 0.119 e. The number of benzene rings is 2. The fraction of sp³-hybridized carbons (Fsp3) is 0.231. The first kappa shape index (κ1) is 9.99. The minimum atomic E-state index is 0.0571. The predicted octanol–water partition coefficient (Wildman–Crippen LogP) is 2.44. The quantitative estimate of drug-likeness (QED) is 0.783. The number of fused-ring (bicyclic) bond motifs is 1. The average Bonchev–Trinajstić information content (AvgIpc) is 2.22. The van der Waals surface area contributed by atoms with Crippen molar-refractivity contribution in [3.63, 3.8) is 0 Å². The lowest BCUT2D eigenvalue weighted by molar-refractivity contribution is 0.467. The summed E-state index contributed by atoms with van der Waals surface area (Å²) < 4.78 is 0. The molecule has 2 heteroatoms. The van der Waals surface area contributed by atoms with Crippen LogP contribution in [-0.4, -0.2) is 11.1 Å². The minimum absolute atomic E-state index is 0.0571. The first-order chi connectivity index (χ1) is 7.18. The van der Waals surface area contributed by atoms with Crippen LogP contribution in [0.3, 0.4) is 0 Å². The molecule has 0 fully saturated rings. The van der Waals surface area contributed by atoms with Crippen molar-refractivity contribution >= 4 is 10.8 Å². The molecule has 0 aliphatic rings. The summed E-state index contributed by atoms with van der Waals surface area (Å²) in [6.07, 6.45) is 0.702. The van der Waals surface area contributed by atoms with E-state index < -0.39 is 0 Å². The molecule has 0 aliphatic carbocycles. The van der Waals surface area contributed by atoms with Gasteiger partial charge in [-0.25, -0.2) is 0 Å². The maximum atomic E-state index is 9.80. The lowest BCUT2D eigenvalue weighted by Crippen LogP contribution is -2.18. The highest BCUT2D eigenvalue weighted by molar-refractivity contribution is 5.87. The molecule has 1 atom stereocenters. The highest BCUT2D eigenvalue weighted by Gasteiger charge is 2.08. The summed E-state index contributed by atoms with van der Waals surface area (Å²) in [4.78, 5) is 0. The highest BCUT2D eigenvalue weighted by atomic mass is 16.3. The molecule has 0 bridgehead atoms.